The highest BCUT2D eigenvalue weighted by Crippen LogP contribution is 2.67. The van der Waals surface area contributed by atoms with Crippen molar-refractivity contribution in [3.63, 3.8) is 0 Å². The van der Waals surface area contributed by atoms with E-state index >= 15 is 0 Å². The van der Waals surface area contributed by atoms with Crippen LogP contribution in [0, 0.1) is 45.8 Å². The predicted octanol–water partition coefficient (Wildman–Crippen LogP) is 6.58. The van der Waals surface area contributed by atoms with Crippen LogP contribution in [0.2, 0.25) is 0 Å². The lowest BCUT2D eigenvalue weighted by Gasteiger charge is -2.61. The van der Waals surface area contributed by atoms with Gasteiger partial charge in [-0.25, -0.2) is 0 Å². The Morgan fingerprint density at radius 2 is 1.59 bits per heavy atom. The fourth-order valence-corrected chi connectivity index (χ4v) is 8.78. The van der Waals surface area contributed by atoms with Gasteiger partial charge in [0.05, 0.1) is 12.2 Å². The Bertz CT molecular complexity index is 580. The lowest BCUT2D eigenvalue weighted by Crippen LogP contribution is -2.54. The third-order valence-corrected chi connectivity index (χ3v) is 10.6. The van der Waals surface area contributed by atoms with Gasteiger partial charge in [-0.15, -0.1) is 0 Å². The summed E-state index contributed by atoms with van der Waals surface area (Å²) >= 11 is 0. The summed E-state index contributed by atoms with van der Waals surface area (Å²) in [7, 11) is 0. The van der Waals surface area contributed by atoms with Gasteiger partial charge in [-0.3, -0.25) is 0 Å². The minimum absolute atomic E-state index is 0.0380. The molecule has 0 spiro atoms. The van der Waals surface area contributed by atoms with E-state index < -0.39 is 0 Å². The summed E-state index contributed by atoms with van der Waals surface area (Å²) in [6, 6.07) is 0. The van der Waals surface area contributed by atoms with Crippen LogP contribution in [0.1, 0.15) is 112 Å². The number of hydrogen-bond acceptors (Lipinski definition) is 2. The molecule has 4 aliphatic carbocycles. The molecule has 0 bridgehead atoms. The minimum atomic E-state index is -0.111. The van der Waals surface area contributed by atoms with Gasteiger partial charge in [0.2, 0.25) is 0 Å². The SMILES string of the molecule is CC(C)(C)CCC(O)CC1CCC2C3CCC4CC(O)CCC4(C)C3CCC12C. The molecule has 4 rings (SSSR count). The Kier molecular flexibility index (Phi) is 5.95. The van der Waals surface area contributed by atoms with Crippen molar-refractivity contribution in [2.24, 2.45) is 45.8 Å². The molecule has 0 aromatic rings. The van der Waals surface area contributed by atoms with Crippen LogP contribution in [-0.2, 0) is 0 Å². The molecule has 29 heavy (non-hydrogen) atoms. The largest absolute Gasteiger partial charge is 0.393 e. The van der Waals surface area contributed by atoms with Gasteiger partial charge in [-0.1, -0.05) is 34.6 Å². The smallest absolute Gasteiger partial charge is 0.0543 e. The first-order valence-corrected chi connectivity index (χ1v) is 12.9. The molecule has 168 valence electrons. The Morgan fingerprint density at radius 1 is 0.897 bits per heavy atom. The van der Waals surface area contributed by atoms with Crippen LogP contribution in [-0.4, -0.2) is 22.4 Å². The molecule has 4 aliphatic rings. The lowest BCUT2D eigenvalue weighted by molar-refractivity contribution is -0.128. The Balaban J connectivity index is 1.43. The van der Waals surface area contributed by atoms with E-state index in [-0.39, 0.29) is 12.2 Å². The average Bonchev–Trinajstić information content (AvgIpc) is 2.96. The summed E-state index contributed by atoms with van der Waals surface area (Å²) in [6.07, 6.45) is 14.6. The first kappa shape index (κ1) is 22.1. The van der Waals surface area contributed by atoms with Gasteiger partial charge in [0.15, 0.2) is 0 Å². The number of aliphatic hydroxyl groups is 2. The maximum atomic E-state index is 10.8. The van der Waals surface area contributed by atoms with Gasteiger partial charge in [0, 0.05) is 0 Å². The highest BCUT2D eigenvalue weighted by atomic mass is 16.3. The van der Waals surface area contributed by atoms with Crippen molar-refractivity contribution < 1.29 is 10.2 Å². The van der Waals surface area contributed by atoms with Crippen LogP contribution < -0.4 is 0 Å². The summed E-state index contributed by atoms with van der Waals surface area (Å²) in [5.74, 6) is 4.15. The molecule has 2 heteroatoms. The van der Waals surface area contributed by atoms with Crippen molar-refractivity contribution in [1.82, 2.24) is 0 Å². The van der Waals surface area contributed by atoms with Gasteiger partial charge in [-0.2, -0.15) is 0 Å². The molecule has 0 amide bonds. The van der Waals surface area contributed by atoms with E-state index in [2.05, 4.69) is 34.6 Å². The summed E-state index contributed by atoms with van der Waals surface area (Å²) in [4.78, 5) is 0. The number of rotatable bonds is 4. The molecule has 9 atom stereocenters. The maximum absolute atomic E-state index is 10.8. The van der Waals surface area contributed by atoms with Gasteiger partial charge in [-0.05, 0) is 123 Å². The van der Waals surface area contributed by atoms with E-state index in [1.807, 2.05) is 0 Å². The molecule has 4 saturated carbocycles. The molecule has 9 unspecified atom stereocenters. The molecule has 4 fully saturated rings. The molecule has 2 nitrogen and oxygen atoms in total. The minimum Gasteiger partial charge on any atom is -0.393 e. The van der Waals surface area contributed by atoms with Crippen LogP contribution in [0.3, 0.4) is 0 Å². The highest BCUT2D eigenvalue weighted by Gasteiger charge is 2.60. The first-order chi connectivity index (χ1) is 13.5. The molecule has 0 aromatic carbocycles. The van der Waals surface area contributed by atoms with Gasteiger partial charge < -0.3 is 10.2 Å². The monoisotopic (exact) mass is 404 g/mol. The lowest BCUT2D eigenvalue weighted by atomic mass is 9.44. The number of aliphatic hydroxyl groups excluding tert-OH is 2. The van der Waals surface area contributed by atoms with E-state index in [4.69, 9.17) is 0 Å². The average molecular weight is 405 g/mol. The van der Waals surface area contributed by atoms with Crippen LogP contribution in [0.25, 0.3) is 0 Å². The molecular formula is C27H48O2. The van der Waals surface area contributed by atoms with Crippen LogP contribution in [0.5, 0.6) is 0 Å². The molecule has 0 radical (unpaired) electrons. The van der Waals surface area contributed by atoms with E-state index in [1.54, 1.807) is 0 Å². The Morgan fingerprint density at radius 3 is 2.31 bits per heavy atom. The van der Waals surface area contributed by atoms with Crippen molar-refractivity contribution in [2.45, 2.75) is 124 Å². The molecular weight excluding hydrogens is 356 g/mol. The zero-order chi connectivity index (χ0) is 21.0. The topological polar surface area (TPSA) is 40.5 Å². The van der Waals surface area contributed by atoms with Gasteiger partial charge in [0.1, 0.15) is 0 Å². The quantitative estimate of drug-likeness (QED) is 0.555. The van der Waals surface area contributed by atoms with Gasteiger partial charge in [0.25, 0.3) is 0 Å². The molecule has 2 N–H and O–H groups in total. The van der Waals surface area contributed by atoms with E-state index in [0.717, 1.165) is 61.7 Å². The summed E-state index contributed by atoms with van der Waals surface area (Å²) in [6.45, 7) is 12.0. The summed E-state index contributed by atoms with van der Waals surface area (Å²) < 4.78 is 0. The Labute approximate surface area is 180 Å². The first-order valence-electron chi connectivity index (χ1n) is 12.9. The maximum Gasteiger partial charge on any atom is 0.0543 e. The fourth-order valence-electron chi connectivity index (χ4n) is 8.78. The van der Waals surface area contributed by atoms with Crippen LogP contribution >= 0.6 is 0 Å². The van der Waals surface area contributed by atoms with Crippen LogP contribution in [0.15, 0.2) is 0 Å². The summed E-state index contributed by atoms with van der Waals surface area (Å²) in [5.41, 5.74) is 1.26. The number of hydrogen-bond donors (Lipinski definition) is 2. The fraction of sp³-hybridized carbons (Fsp3) is 1.00. The van der Waals surface area contributed by atoms with Crippen molar-refractivity contribution >= 4 is 0 Å². The third-order valence-electron chi connectivity index (χ3n) is 10.6. The van der Waals surface area contributed by atoms with E-state index in [9.17, 15) is 10.2 Å². The highest BCUT2D eigenvalue weighted by molar-refractivity contribution is 5.09. The zero-order valence-electron chi connectivity index (χ0n) is 19.9. The molecule has 0 saturated heterocycles. The van der Waals surface area contributed by atoms with E-state index in [0.29, 0.717) is 16.2 Å². The standard InChI is InChI=1S/C27H48O2/c1-25(2,3)13-10-20(28)17-19-7-9-23-22-8-6-18-16-21(29)11-14-26(18,4)24(22)12-15-27(19,23)5/h18-24,28-29H,6-17H2,1-5H3. The molecule has 0 heterocycles. The van der Waals surface area contributed by atoms with Crippen molar-refractivity contribution in [3.05, 3.63) is 0 Å². The number of fused-ring (bicyclic) bond motifs is 5. The third kappa shape index (κ3) is 4.07. The van der Waals surface area contributed by atoms with Crippen molar-refractivity contribution in [2.75, 3.05) is 0 Å². The second kappa shape index (κ2) is 7.80. The van der Waals surface area contributed by atoms with Gasteiger partial charge >= 0.3 is 0 Å². The van der Waals surface area contributed by atoms with E-state index in [1.165, 1.54) is 44.9 Å². The van der Waals surface area contributed by atoms with Crippen molar-refractivity contribution in [1.29, 1.82) is 0 Å². The van der Waals surface area contributed by atoms with Crippen LogP contribution in [0.4, 0.5) is 0 Å². The Hall–Kier alpha value is -0.0800. The normalized spacial score (nSPS) is 48.5. The second-order valence-electron chi connectivity index (χ2n) is 13.4. The summed E-state index contributed by atoms with van der Waals surface area (Å²) in [5, 5.41) is 21.0. The molecule has 0 aliphatic heterocycles. The zero-order valence-corrected chi connectivity index (χ0v) is 19.9. The second-order valence-corrected chi connectivity index (χ2v) is 13.4. The predicted molar refractivity (Wildman–Crippen MR) is 121 cm³/mol. The molecule has 0 aromatic heterocycles. The van der Waals surface area contributed by atoms with Crippen molar-refractivity contribution in [3.8, 4) is 0 Å².